The molecule has 0 aliphatic carbocycles. The molecule has 2 aromatic rings. The smallest absolute Gasteiger partial charge is 0.278 e. The highest BCUT2D eigenvalue weighted by molar-refractivity contribution is 6.37. The molecule has 1 aliphatic rings. The number of amides is 2. The van der Waals surface area contributed by atoms with E-state index in [0.717, 1.165) is 6.42 Å². The van der Waals surface area contributed by atoms with E-state index in [-0.39, 0.29) is 17.6 Å². The number of ether oxygens (including phenoxy) is 2. The zero-order chi connectivity index (χ0) is 21.8. The Labute approximate surface area is 181 Å². The number of rotatable bonds is 8. The quantitative estimate of drug-likeness (QED) is 0.615. The summed E-state index contributed by atoms with van der Waals surface area (Å²) in [4.78, 5) is 27.5. The van der Waals surface area contributed by atoms with Crippen molar-refractivity contribution >= 4 is 34.7 Å². The predicted molar refractivity (Wildman–Crippen MR) is 118 cm³/mol. The first-order valence-corrected chi connectivity index (χ1v) is 10.2. The van der Waals surface area contributed by atoms with Gasteiger partial charge in [0.05, 0.1) is 25.0 Å². The van der Waals surface area contributed by atoms with Crippen LogP contribution in [0.1, 0.15) is 32.8 Å². The molecule has 0 saturated heterocycles. The summed E-state index contributed by atoms with van der Waals surface area (Å²) < 4.78 is 11.0. The lowest BCUT2D eigenvalue weighted by molar-refractivity contribution is -0.138. The summed E-state index contributed by atoms with van der Waals surface area (Å²) in [6.45, 7) is 6.25. The Morgan fingerprint density at radius 3 is 2.37 bits per heavy atom. The lowest BCUT2D eigenvalue weighted by Gasteiger charge is -2.19. The summed E-state index contributed by atoms with van der Waals surface area (Å²) in [5.74, 6) is 0.488. The zero-order valence-electron chi connectivity index (χ0n) is 17.5. The Balaban J connectivity index is 2.06. The highest BCUT2D eigenvalue weighted by atomic mass is 35.5. The summed E-state index contributed by atoms with van der Waals surface area (Å²) in [5.41, 5.74) is 1.63. The summed E-state index contributed by atoms with van der Waals surface area (Å²) in [6, 6.07) is 11.9. The fraction of sp³-hybridized carbons (Fsp3) is 0.304. The summed E-state index contributed by atoms with van der Waals surface area (Å²) >= 11 is 6.13. The third kappa shape index (κ3) is 4.28. The van der Waals surface area contributed by atoms with Gasteiger partial charge in [0, 0.05) is 11.1 Å². The summed E-state index contributed by atoms with van der Waals surface area (Å²) in [6.07, 6.45) is 0.902. The molecule has 30 heavy (non-hydrogen) atoms. The Hall–Kier alpha value is -2.99. The fourth-order valence-corrected chi connectivity index (χ4v) is 3.42. The first kappa shape index (κ1) is 21.7. The molecule has 0 radical (unpaired) electrons. The Kier molecular flexibility index (Phi) is 6.67. The number of methoxy groups -OCH3 is 1. The number of imide groups is 1. The molecule has 2 amide bonds. The summed E-state index contributed by atoms with van der Waals surface area (Å²) in [7, 11) is 1.53. The average Bonchev–Trinajstić information content (AvgIpc) is 2.96. The van der Waals surface area contributed by atoms with Crippen LogP contribution in [0.3, 0.4) is 0 Å². The molecule has 1 aliphatic heterocycles. The molecule has 6 nitrogen and oxygen atoms in total. The van der Waals surface area contributed by atoms with Gasteiger partial charge in [-0.2, -0.15) is 0 Å². The van der Waals surface area contributed by atoms with E-state index in [1.165, 1.54) is 12.0 Å². The van der Waals surface area contributed by atoms with E-state index >= 15 is 0 Å². The van der Waals surface area contributed by atoms with Crippen LogP contribution in [-0.4, -0.2) is 36.5 Å². The first-order valence-electron chi connectivity index (χ1n) is 9.83. The molecule has 0 fully saturated rings. The van der Waals surface area contributed by atoms with E-state index in [2.05, 4.69) is 5.32 Å². The highest BCUT2D eigenvalue weighted by Gasteiger charge is 2.40. The fourth-order valence-electron chi connectivity index (χ4n) is 3.25. The van der Waals surface area contributed by atoms with Gasteiger partial charge in [0.1, 0.15) is 17.2 Å². The van der Waals surface area contributed by atoms with Gasteiger partial charge in [-0.05, 0) is 56.2 Å². The number of nitrogens with zero attached hydrogens (tertiary/aromatic N) is 1. The van der Waals surface area contributed by atoms with Crippen LogP contribution >= 0.6 is 11.6 Å². The van der Waals surface area contributed by atoms with Crippen LogP contribution in [0.25, 0.3) is 5.57 Å². The highest BCUT2D eigenvalue weighted by Crippen LogP contribution is 2.35. The van der Waals surface area contributed by atoms with E-state index in [9.17, 15) is 9.59 Å². The van der Waals surface area contributed by atoms with Crippen molar-refractivity contribution in [3.05, 3.63) is 58.7 Å². The monoisotopic (exact) mass is 428 g/mol. The Morgan fingerprint density at radius 2 is 1.77 bits per heavy atom. The number of benzene rings is 2. The number of carbonyl (C=O) groups is 2. The van der Waals surface area contributed by atoms with E-state index < -0.39 is 5.91 Å². The predicted octanol–water partition coefficient (Wildman–Crippen LogP) is 4.74. The number of nitrogens with one attached hydrogen (secondary N) is 1. The molecule has 1 N–H and O–H groups in total. The molecule has 1 heterocycles. The summed E-state index contributed by atoms with van der Waals surface area (Å²) in [5, 5.41) is 3.57. The SMILES string of the molecule is CCCOc1ccc(C2=C(Nc3cc(Cl)ccc3OC)C(=O)N(C(C)C)C2=O)cc1. The normalized spacial score (nSPS) is 14.0. The van der Waals surface area contributed by atoms with Gasteiger partial charge in [0.2, 0.25) is 0 Å². The van der Waals surface area contributed by atoms with Gasteiger partial charge in [0.15, 0.2) is 0 Å². The maximum Gasteiger partial charge on any atom is 0.278 e. The van der Waals surface area contributed by atoms with Crippen LogP contribution in [0, 0.1) is 0 Å². The van der Waals surface area contributed by atoms with Crippen LogP contribution in [0.15, 0.2) is 48.2 Å². The molecule has 0 unspecified atom stereocenters. The van der Waals surface area contributed by atoms with Gasteiger partial charge in [-0.25, -0.2) is 0 Å². The van der Waals surface area contributed by atoms with Gasteiger partial charge in [-0.3, -0.25) is 14.5 Å². The molecule has 0 spiro atoms. The second-order valence-corrected chi connectivity index (χ2v) is 7.60. The van der Waals surface area contributed by atoms with E-state index in [1.807, 2.05) is 6.92 Å². The second kappa shape index (κ2) is 9.22. The number of hydrogen-bond donors (Lipinski definition) is 1. The maximum absolute atomic E-state index is 13.2. The van der Waals surface area contributed by atoms with Crippen molar-refractivity contribution in [1.82, 2.24) is 4.90 Å². The minimum atomic E-state index is -0.390. The average molecular weight is 429 g/mol. The number of anilines is 1. The van der Waals surface area contributed by atoms with Gasteiger partial charge < -0.3 is 14.8 Å². The van der Waals surface area contributed by atoms with Gasteiger partial charge in [0.25, 0.3) is 11.8 Å². The minimum Gasteiger partial charge on any atom is -0.495 e. The minimum absolute atomic E-state index is 0.191. The molecule has 7 heteroatoms. The third-order valence-corrected chi connectivity index (χ3v) is 4.90. The Bertz CT molecular complexity index is 983. The second-order valence-electron chi connectivity index (χ2n) is 7.17. The zero-order valence-corrected chi connectivity index (χ0v) is 18.2. The van der Waals surface area contributed by atoms with Crippen molar-refractivity contribution in [3.8, 4) is 11.5 Å². The van der Waals surface area contributed by atoms with E-state index in [1.54, 1.807) is 56.3 Å². The third-order valence-electron chi connectivity index (χ3n) is 4.67. The largest absolute Gasteiger partial charge is 0.495 e. The van der Waals surface area contributed by atoms with E-state index in [0.29, 0.717) is 40.0 Å². The lowest BCUT2D eigenvalue weighted by Crippen LogP contribution is -2.38. The van der Waals surface area contributed by atoms with Crippen molar-refractivity contribution in [3.63, 3.8) is 0 Å². The van der Waals surface area contributed by atoms with Crippen molar-refractivity contribution in [2.45, 2.75) is 33.2 Å². The van der Waals surface area contributed by atoms with Crippen LogP contribution in [0.5, 0.6) is 11.5 Å². The van der Waals surface area contributed by atoms with Crippen molar-refractivity contribution in [2.24, 2.45) is 0 Å². The molecule has 0 bridgehead atoms. The van der Waals surface area contributed by atoms with E-state index in [4.69, 9.17) is 21.1 Å². The topological polar surface area (TPSA) is 67.9 Å². The maximum atomic E-state index is 13.2. The molecule has 0 atom stereocenters. The van der Waals surface area contributed by atoms with Crippen molar-refractivity contribution in [2.75, 3.05) is 19.0 Å². The lowest BCUT2D eigenvalue weighted by atomic mass is 10.0. The molecule has 2 aromatic carbocycles. The number of halogens is 1. The van der Waals surface area contributed by atoms with Crippen LogP contribution in [0.4, 0.5) is 5.69 Å². The van der Waals surface area contributed by atoms with Gasteiger partial charge in [-0.1, -0.05) is 30.7 Å². The van der Waals surface area contributed by atoms with Crippen LogP contribution in [0.2, 0.25) is 5.02 Å². The molecule has 0 saturated carbocycles. The van der Waals surface area contributed by atoms with Crippen molar-refractivity contribution in [1.29, 1.82) is 0 Å². The molecular formula is C23H25ClN2O4. The molecule has 0 aromatic heterocycles. The standard InChI is InChI=1S/C23H25ClN2O4/c1-5-12-30-17-9-6-15(7-10-17)20-21(23(28)26(14(2)3)22(20)27)25-18-13-16(24)8-11-19(18)29-4/h6-11,13-14,25H,5,12H2,1-4H3. The van der Waals surface area contributed by atoms with Crippen LogP contribution < -0.4 is 14.8 Å². The Morgan fingerprint density at radius 1 is 1.07 bits per heavy atom. The van der Waals surface area contributed by atoms with Gasteiger partial charge >= 0.3 is 0 Å². The van der Waals surface area contributed by atoms with Crippen molar-refractivity contribution < 1.29 is 19.1 Å². The van der Waals surface area contributed by atoms with Gasteiger partial charge in [-0.15, -0.1) is 0 Å². The molecule has 158 valence electrons. The van der Waals surface area contributed by atoms with Crippen LogP contribution in [-0.2, 0) is 9.59 Å². The number of hydrogen-bond acceptors (Lipinski definition) is 5. The molecule has 3 rings (SSSR count). The molecular weight excluding hydrogens is 404 g/mol. The first-order chi connectivity index (χ1) is 14.4. The number of carbonyl (C=O) groups excluding carboxylic acids is 2.